The van der Waals surface area contributed by atoms with Gasteiger partial charge in [-0.25, -0.2) is 0 Å². The number of amides is 1. The van der Waals surface area contributed by atoms with Gasteiger partial charge in [0.15, 0.2) is 0 Å². The van der Waals surface area contributed by atoms with Gasteiger partial charge < -0.3 is 20.3 Å². The van der Waals surface area contributed by atoms with Crippen LogP contribution in [0.4, 0.5) is 0 Å². The highest BCUT2D eigenvalue weighted by Gasteiger charge is 2.20. The maximum atomic E-state index is 12.5. The van der Waals surface area contributed by atoms with Crippen molar-refractivity contribution in [3.8, 4) is 0 Å². The van der Waals surface area contributed by atoms with Gasteiger partial charge in [-0.3, -0.25) is 9.59 Å². The topological polar surface area (TPSA) is 95.9 Å². The maximum Gasteiger partial charge on any atom is 0.305 e. The van der Waals surface area contributed by atoms with Crippen LogP contribution in [0.1, 0.15) is 341 Å². The molecule has 0 spiro atoms. The van der Waals surface area contributed by atoms with Crippen molar-refractivity contribution in [1.29, 1.82) is 0 Å². The summed E-state index contributed by atoms with van der Waals surface area (Å²) in [5.74, 6) is -0.127. The second-order valence-electron chi connectivity index (χ2n) is 21.4. The molecule has 69 heavy (non-hydrogen) atoms. The van der Waals surface area contributed by atoms with Crippen LogP contribution in [0.15, 0.2) is 24.3 Å². The van der Waals surface area contributed by atoms with Gasteiger partial charge >= 0.3 is 5.97 Å². The molecule has 0 aromatic rings. The third kappa shape index (κ3) is 55.5. The molecule has 6 nitrogen and oxygen atoms in total. The Morgan fingerprint density at radius 3 is 1.06 bits per heavy atom. The molecule has 6 heteroatoms. The van der Waals surface area contributed by atoms with Crippen LogP contribution in [0, 0.1) is 0 Å². The number of hydrogen-bond donors (Lipinski definition) is 3. The van der Waals surface area contributed by atoms with Gasteiger partial charge in [0.2, 0.25) is 5.91 Å². The number of nitrogens with one attached hydrogen (secondary N) is 1. The number of esters is 1. The number of aliphatic hydroxyl groups excluding tert-OH is 2. The molecule has 0 rings (SSSR count). The van der Waals surface area contributed by atoms with Crippen molar-refractivity contribution in [2.45, 2.75) is 353 Å². The van der Waals surface area contributed by atoms with Crippen molar-refractivity contribution in [2.24, 2.45) is 0 Å². The van der Waals surface area contributed by atoms with Gasteiger partial charge in [0.05, 0.1) is 25.4 Å². The molecule has 3 N–H and O–H groups in total. The first-order valence-corrected chi connectivity index (χ1v) is 31.1. The minimum Gasteiger partial charge on any atom is -0.466 e. The van der Waals surface area contributed by atoms with Crippen molar-refractivity contribution in [3.05, 3.63) is 24.3 Å². The van der Waals surface area contributed by atoms with Crippen LogP contribution in [-0.2, 0) is 14.3 Å². The van der Waals surface area contributed by atoms with E-state index in [1.165, 1.54) is 238 Å². The summed E-state index contributed by atoms with van der Waals surface area (Å²) in [4.78, 5) is 24.6. The molecule has 0 radical (unpaired) electrons. The fourth-order valence-corrected chi connectivity index (χ4v) is 9.70. The summed E-state index contributed by atoms with van der Waals surface area (Å²) < 4.78 is 5.47. The molecule has 2 atom stereocenters. The average molecular weight is 973 g/mol. The smallest absolute Gasteiger partial charge is 0.305 e. The Labute approximate surface area is 431 Å². The molecule has 0 saturated heterocycles. The quantitative estimate of drug-likeness (QED) is 0.0321. The Morgan fingerprint density at radius 2 is 0.696 bits per heavy atom. The lowest BCUT2D eigenvalue weighted by molar-refractivity contribution is -0.143. The SMILES string of the molecule is CCCCCCCC/C=C\CCCCCCCCCCCC(=O)OCCCCCC/C=C\CCCC(=O)NC(CO)C(O)CCCCCCCCCCCCCCCCCCCCCCCCCC. The Balaban J connectivity index is 3.49. The highest BCUT2D eigenvalue weighted by molar-refractivity contribution is 5.76. The van der Waals surface area contributed by atoms with Crippen LogP contribution in [-0.4, -0.2) is 47.4 Å². The van der Waals surface area contributed by atoms with Gasteiger partial charge in [0, 0.05) is 12.8 Å². The van der Waals surface area contributed by atoms with Gasteiger partial charge in [0.1, 0.15) is 0 Å². The highest BCUT2D eigenvalue weighted by atomic mass is 16.5. The normalized spacial score (nSPS) is 12.7. The lowest BCUT2D eigenvalue weighted by atomic mass is 10.0. The number of rotatable bonds is 58. The molecular weight excluding hydrogens is 851 g/mol. The van der Waals surface area contributed by atoms with Crippen molar-refractivity contribution in [2.75, 3.05) is 13.2 Å². The molecule has 0 aliphatic heterocycles. The summed E-state index contributed by atoms with van der Waals surface area (Å²) in [5.41, 5.74) is 0. The van der Waals surface area contributed by atoms with Crippen LogP contribution in [0.2, 0.25) is 0 Å². The van der Waals surface area contributed by atoms with Gasteiger partial charge in [-0.05, 0) is 70.6 Å². The third-order valence-corrected chi connectivity index (χ3v) is 14.5. The van der Waals surface area contributed by atoms with E-state index in [1.54, 1.807) is 0 Å². The standard InChI is InChI=1S/C63H121NO5/c1-3-5-7-9-11-13-15-17-19-21-23-24-25-26-27-29-30-32-34-36-39-43-47-51-55-61(66)60(59-65)64-62(67)56-52-48-44-40-38-42-46-50-54-58-69-63(68)57-53-49-45-41-37-35-33-31-28-22-20-18-16-14-12-10-8-6-4-2/h18,20,40,44,60-61,65-66H,3-17,19,21-39,41-43,45-59H2,1-2H3,(H,64,67)/b20-18-,44-40-. The monoisotopic (exact) mass is 972 g/mol. The van der Waals surface area contributed by atoms with E-state index in [1.807, 2.05) is 0 Å². The molecule has 0 aliphatic carbocycles. The number of carbonyl (C=O) groups is 2. The zero-order valence-corrected chi connectivity index (χ0v) is 46.6. The van der Waals surface area contributed by atoms with E-state index in [-0.39, 0.29) is 18.5 Å². The summed E-state index contributed by atoms with van der Waals surface area (Å²) in [6.45, 7) is 4.89. The maximum absolute atomic E-state index is 12.5. The Hall–Kier alpha value is -1.66. The summed E-state index contributed by atoms with van der Waals surface area (Å²) in [7, 11) is 0. The number of allylic oxidation sites excluding steroid dienone is 4. The average Bonchev–Trinajstić information content (AvgIpc) is 3.35. The van der Waals surface area contributed by atoms with E-state index in [2.05, 4.69) is 43.5 Å². The van der Waals surface area contributed by atoms with Gasteiger partial charge in [-0.1, -0.05) is 282 Å². The van der Waals surface area contributed by atoms with Crippen LogP contribution < -0.4 is 5.32 Å². The first-order valence-electron chi connectivity index (χ1n) is 31.1. The zero-order chi connectivity index (χ0) is 50.0. The fraction of sp³-hybridized carbons (Fsp3) is 0.905. The molecule has 0 fully saturated rings. The predicted octanol–water partition coefficient (Wildman–Crippen LogP) is 19.4. The first kappa shape index (κ1) is 67.3. The van der Waals surface area contributed by atoms with Crippen molar-refractivity contribution < 1.29 is 24.5 Å². The van der Waals surface area contributed by atoms with Gasteiger partial charge in [-0.15, -0.1) is 0 Å². The second-order valence-corrected chi connectivity index (χ2v) is 21.4. The lowest BCUT2D eigenvalue weighted by Crippen LogP contribution is -2.45. The van der Waals surface area contributed by atoms with E-state index < -0.39 is 12.1 Å². The van der Waals surface area contributed by atoms with Crippen molar-refractivity contribution in [3.63, 3.8) is 0 Å². The number of hydrogen-bond acceptors (Lipinski definition) is 5. The summed E-state index contributed by atoms with van der Waals surface area (Å²) in [6, 6.07) is -0.580. The molecule has 1 amide bonds. The first-order chi connectivity index (χ1) is 34.0. The lowest BCUT2D eigenvalue weighted by Gasteiger charge is -2.22. The summed E-state index contributed by atoms with van der Waals surface area (Å²) >= 11 is 0. The number of carbonyl (C=O) groups excluding carboxylic acids is 2. The molecule has 0 aliphatic rings. The third-order valence-electron chi connectivity index (χ3n) is 14.5. The van der Waals surface area contributed by atoms with Crippen LogP contribution in [0.5, 0.6) is 0 Å². The van der Waals surface area contributed by atoms with Crippen LogP contribution in [0.25, 0.3) is 0 Å². The largest absolute Gasteiger partial charge is 0.466 e. The molecule has 0 aromatic heterocycles. The minimum absolute atomic E-state index is 0.0349. The fourth-order valence-electron chi connectivity index (χ4n) is 9.70. The molecule has 0 heterocycles. The highest BCUT2D eigenvalue weighted by Crippen LogP contribution is 2.18. The van der Waals surface area contributed by atoms with E-state index in [4.69, 9.17) is 4.74 Å². The molecule has 408 valence electrons. The van der Waals surface area contributed by atoms with Crippen LogP contribution in [0.3, 0.4) is 0 Å². The molecule has 2 unspecified atom stereocenters. The molecule has 0 aromatic carbocycles. The number of unbranched alkanes of at least 4 members (excludes halogenated alkanes) is 43. The summed E-state index contributed by atoms with van der Waals surface area (Å²) in [5, 5.41) is 23.3. The Morgan fingerprint density at radius 1 is 0.391 bits per heavy atom. The summed E-state index contributed by atoms with van der Waals surface area (Å²) in [6.07, 6.45) is 71.9. The van der Waals surface area contributed by atoms with Crippen LogP contribution >= 0.6 is 0 Å². The molecule has 0 bridgehead atoms. The van der Waals surface area contributed by atoms with Gasteiger partial charge in [0.25, 0.3) is 0 Å². The van der Waals surface area contributed by atoms with Gasteiger partial charge in [-0.2, -0.15) is 0 Å². The van der Waals surface area contributed by atoms with E-state index in [0.717, 1.165) is 70.6 Å². The van der Waals surface area contributed by atoms with E-state index in [0.29, 0.717) is 25.9 Å². The molecule has 0 saturated carbocycles. The Bertz CT molecular complexity index is 1080. The number of ether oxygens (including phenoxy) is 1. The second kappa shape index (κ2) is 58.9. The number of aliphatic hydroxyl groups is 2. The zero-order valence-electron chi connectivity index (χ0n) is 46.6. The Kier molecular flexibility index (Phi) is 57.5. The molecular formula is C63H121NO5. The van der Waals surface area contributed by atoms with Crippen molar-refractivity contribution >= 4 is 11.9 Å². The minimum atomic E-state index is -0.697. The van der Waals surface area contributed by atoms with E-state index >= 15 is 0 Å². The van der Waals surface area contributed by atoms with Crippen molar-refractivity contribution in [1.82, 2.24) is 5.32 Å². The predicted molar refractivity (Wildman–Crippen MR) is 301 cm³/mol. The van der Waals surface area contributed by atoms with E-state index in [9.17, 15) is 19.8 Å².